The number of anilines is 3. The van der Waals surface area contributed by atoms with Gasteiger partial charge < -0.3 is 25.3 Å². The predicted molar refractivity (Wildman–Crippen MR) is 165 cm³/mol. The second-order valence-corrected chi connectivity index (χ2v) is 12.0. The quantitative estimate of drug-likeness (QED) is 0.288. The normalized spacial score (nSPS) is 22.0. The number of piperidine rings is 4. The van der Waals surface area contributed by atoms with Gasteiger partial charge in [0.05, 0.1) is 4.92 Å². The average Bonchev–Trinajstić information content (AvgIpc) is 3.03. The van der Waals surface area contributed by atoms with Gasteiger partial charge in [0.2, 0.25) is 0 Å². The minimum atomic E-state index is -0.341. The minimum Gasteiger partial charge on any atom is -0.399 e. The first kappa shape index (κ1) is 28.7. The maximum Gasteiger partial charge on any atom is 0.269 e. The molecule has 4 fully saturated rings. The average molecular weight is 549 g/mol. The molecule has 8 nitrogen and oxygen atoms in total. The lowest BCUT2D eigenvalue weighted by Crippen LogP contribution is -2.46. The number of non-ortho nitro benzene ring substituents is 1. The molecule has 0 spiro atoms. The molecule has 0 aromatic heterocycles. The van der Waals surface area contributed by atoms with Crippen molar-refractivity contribution in [2.24, 2.45) is 0 Å². The van der Waals surface area contributed by atoms with Gasteiger partial charge in [0, 0.05) is 67.5 Å². The number of benzene rings is 2. The minimum absolute atomic E-state index is 0.168. The van der Waals surface area contributed by atoms with Gasteiger partial charge >= 0.3 is 0 Å². The molecule has 40 heavy (non-hydrogen) atoms. The van der Waals surface area contributed by atoms with E-state index < -0.39 is 0 Å². The van der Waals surface area contributed by atoms with E-state index in [9.17, 15) is 10.1 Å². The van der Waals surface area contributed by atoms with Crippen LogP contribution in [0.25, 0.3) is 0 Å². The second-order valence-electron chi connectivity index (χ2n) is 12.0. The number of hydrogen-bond donors (Lipinski definition) is 1. The fourth-order valence-corrected chi connectivity index (χ4v) is 7.02. The van der Waals surface area contributed by atoms with Gasteiger partial charge in [0.15, 0.2) is 0 Å². The highest BCUT2D eigenvalue weighted by Crippen LogP contribution is 2.27. The first-order chi connectivity index (χ1) is 19.6. The van der Waals surface area contributed by atoms with E-state index >= 15 is 0 Å². The standard InChI is InChI=1S/C16H23N3O2.C16H25N3/c20-19(21)16-6-4-14(5-7-16)18-12-8-15(9-13-18)17-10-2-1-3-11-17;17-14-4-6-15(7-5-14)19-12-8-16(9-13-19)18-10-2-1-3-11-18/h4-7,15H,1-3,8-13H2;4-7,16H,1-3,8-13,17H2. The van der Waals surface area contributed by atoms with Crippen LogP contribution in [0, 0.1) is 10.1 Å². The molecule has 4 aliphatic rings. The van der Waals surface area contributed by atoms with Crippen LogP contribution in [-0.2, 0) is 0 Å². The van der Waals surface area contributed by atoms with Crippen molar-refractivity contribution < 1.29 is 4.92 Å². The summed E-state index contributed by atoms with van der Waals surface area (Å²) in [5, 5.41) is 10.7. The smallest absolute Gasteiger partial charge is 0.269 e. The Kier molecular flexibility index (Phi) is 10.2. The third kappa shape index (κ3) is 7.67. The Labute approximate surface area is 240 Å². The first-order valence-corrected chi connectivity index (χ1v) is 15.6. The molecule has 4 saturated heterocycles. The van der Waals surface area contributed by atoms with Crippen LogP contribution in [0.1, 0.15) is 64.2 Å². The van der Waals surface area contributed by atoms with E-state index in [1.165, 1.54) is 109 Å². The SMILES string of the molecule is Nc1ccc(N2CCC(N3CCCCC3)CC2)cc1.O=[N+]([O-])c1ccc(N2CCC(N3CCCCC3)CC2)cc1. The number of likely N-dealkylation sites (tertiary alicyclic amines) is 2. The summed E-state index contributed by atoms with van der Waals surface area (Å²) in [6, 6.07) is 16.8. The highest BCUT2D eigenvalue weighted by atomic mass is 16.6. The Morgan fingerprint density at radius 1 is 0.575 bits per heavy atom. The van der Waals surface area contributed by atoms with Gasteiger partial charge in [-0.2, -0.15) is 0 Å². The van der Waals surface area contributed by atoms with E-state index in [0.29, 0.717) is 0 Å². The zero-order valence-corrected chi connectivity index (χ0v) is 24.1. The topological polar surface area (TPSA) is 82.1 Å². The highest BCUT2D eigenvalue weighted by Gasteiger charge is 2.27. The maximum atomic E-state index is 10.7. The van der Waals surface area contributed by atoms with Crippen molar-refractivity contribution in [3.05, 3.63) is 58.6 Å². The van der Waals surface area contributed by atoms with Crippen LogP contribution >= 0.6 is 0 Å². The van der Waals surface area contributed by atoms with Crippen LogP contribution in [0.4, 0.5) is 22.7 Å². The van der Waals surface area contributed by atoms with Crippen molar-refractivity contribution in [2.45, 2.75) is 76.3 Å². The Hall–Kier alpha value is -2.84. The summed E-state index contributed by atoms with van der Waals surface area (Å²) in [6.07, 6.45) is 13.4. The van der Waals surface area contributed by atoms with E-state index in [2.05, 4.69) is 31.7 Å². The highest BCUT2D eigenvalue weighted by molar-refractivity contribution is 5.53. The molecule has 0 saturated carbocycles. The van der Waals surface area contributed by atoms with Crippen molar-refractivity contribution in [2.75, 3.05) is 67.9 Å². The molecule has 2 N–H and O–H groups in total. The third-order valence-corrected chi connectivity index (χ3v) is 9.43. The number of nitro groups is 1. The number of nitrogens with two attached hydrogens (primary N) is 1. The summed E-state index contributed by atoms with van der Waals surface area (Å²) >= 11 is 0. The molecule has 2 aromatic rings. The summed E-state index contributed by atoms with van der Waals surface area (Å²) < 4.78 is 0. The van der Waals surface area contributed by atoms with Gasteiger partial charge in [-0.25, -0.2) is 0 Å². The lowest BCUT2D eigenvalue weighted by molar-refractivity contribution is -0.384. The van der Waals surface area contributed by atoms with Gasteiger partial charge in [-0.1, -0.05) is 12.8 Å². The van der Waals surface area contributed by atoms with Crippen molar-refractivity contribution >= 4 is 22.7 Å². The van der Waals surface area contributed by atoms with Gasteiger partial charge in [0.1, 0.15) is 0 Å². The molecular formula is C32H48N6O2. The maximum absolute atomic E-state index is 10.7. The predicted octanol–water partition coefficient (Wildman–Crippen LogP) is 5.77. The third-order valence-electron chi connectivity index (χ3n) is 9.43. The lowest BCUT2D eigenvalue weighted by Gasteiger charge is -2.41. The Balaban J connectivity index is 0.000000162. The molecule has 0 amide bonds. The molecule has 4 aliphatic heterocycles. The Morgan fingerprint density at radius 2 is 0.950 bits per heavy atom. The molecule has 0 aliphatic carbocycles. The zero-order chi connectivity index (χ0) is 27.7. The molecular weight excluding hydrogens is 500 g/mol. The second kappa shape index (κ2) is 14.2. The number of hydrogen-bond acceptors (Lipinski definition) is 7. The van der Waals surface area contributed by atoms with Crippen molar-refractivity contribution in [1.82, 2.24) is 9.80 Å². The molecule has 0 bridgehead atoms. The van der Waals surface area contributed by atoms with E-state index in [0.717, 1.165) is 36.5 Å². The van der Waals surface area contributed by atoms with E-state index in [1.807, 2.05) is 24.3 Å². The molecule has 0 radical (unpaired) electrons. The molecule has 4 heterocycles. The largest absolute Gasteiger partial charge is 0.399 e. The van der Waals surface area contributed by atoms with Crippen LogP contribution in [0.5, 0.6) is 0 Å². The van der Waals surface area contributed by atoms with Gasteiger partial charge in [-0.3, -0.25) is 10.1 Å². The van der Waals surface area contributed by atoms with Crippen LogP contribution in [0.2, 0.25) is 0 Å². The molecule has 6 rings (SSSR count). The van der Waals surface area contributed by atoms with Gasteiger partial charge in [-0.05, 0) is 114 Å². The Morgan fingerprint density at radius 3 is 1.32 bits per heavy atom. The fourth-order valence-electron chi connectivity index (χ4n) is 7.02. The number of nitrogen functional groups attached to an aromatic ring is 1. The number of nitrogens with zero attached hydrogens (tertiary/aromatic N) is 5. The fraction of sp³-hybridized carbons (Fsp3) is 0.625. The van der Waals surface area contributed by atoms with Crippen LogP contribution < -0.4 is 15.5 Å². The van der Waals surface area contributed by atoms with Crippen molar-refractivity contribution in [1.29, 1.82) is 0 Å². The van der Waals surface area contributed by atoms with Crippen molar-refractivity contribution in [3.63, 3.8) is 0 Å². The number of rotatable bonds is 5. The van der Waals surface area contributed by atoms with E-state index in [1.54, 1.807) is 12.1 Å². The molecule has 0 unspecified atom stereocenters. The summed E-state index contributed by atoms with van der Waals surface area (Å²) in [4.78, 5) is 20.6. The zero-order valence-electron chi connectivity index (χ0n) is 24.1. The first-order valence-electron chi connectivity index (χ1n) is 15.6. The van der Waals surface area contributed by atoms with E-state index in [-0.39, 0.29) is 10.6 Å². The van der Waals surface area contributed by atoms with Crippen LogP contribution in [0.3, 0.4) is 0 Å². The molecule has 2 aromatic carbocycles. The Bertz CT molecular complexity index is 1030. The van der Waals surface area contributed by atoms with E-state index in [4.69, 9.17) is 5.73 Å². The van der Waals surface area contributed by atoms with Crippen molar-refractivity contribution in [3.8, 4) is 0 Å². The summed E-state index contributed by atoms with van der Waals surface area (Å²) in [5.74, 6) is 0. The molecule has 8 heteroatoms. The van der Waals surface area contributed by atoms with Crippen LogP contribution in [0.15, 0.2) is 48.5 Å². The van der Waals surface area contributed by atoms with Gasteiger partial charge in [0.25, 0.3) is 5.69 Å². The molecule has 218 valence electrons. The monoisotopic (exact) mass is 548 g/mol. The summed E-state index contributed by atoms with van der Waals surface area (Å²) in [6.45, 7) is 9.66. The summed E-state index contributed by atoms with van der Waals surface area (Å²) in [5.41, 5.74) is 9.21. The van der Waals surface area contributed by atoms with Gasteiger partial charge in [-0.15, -0.1) is 0 Å². The molecule has 0 atom stereocenters. The van der Waals surface area contributed by atoms with Crippen LogP contribution in [-0.4, -0.2) is 79.2 Å². The summed E-state index contributed by atoms with van der Waals surface area (Å²) in [7, 11) is 0. The number of nitro benzene ring substituents is 1. The lowest BCUT2D eigenvalue weighted by atomic mass is 9.99.